The maximum absolute atomic E-state index is 13.8. The van der Waals surface area contributed by atoms with Gasteiger partial charge in [0.2, 0.25) is 0 Å². The standard InChI is InChI=1S/C28H21BrN2O2S/c1-33-23-14-12-20(29)15-19(23)16-24-27(32)31-26(18-8-3-2-4-9-18)22-13-11-17-7-5-6-10-21(17)25(22)30-28(31)34-24/h2-10,12,14-16,26H,11,13H2,1H3. The largest absolute Gasteiger partial charge is 0.496 e. The molecule has 0 radical (unpaired) electrons. The molecule has 0 fully saturated rings. The lowest BCUT2D eigenvalue weighted by Gasteiger charge is -2.30. The second-order valence-electron chi connectivity index (χ2n) is 8.41. The number of allylic oxidation sites excluding steroid dienone is 1. The molecule has 168 valence electrons. The predicted octanol–water partition coefficient (Wildman–Crippen LogP) is 5.09. The number of ether oxygens (including phenoxy) is 1. The van der Waals surface area contributed by atoms with Crippen molar-refractivity contribution < 1.29 is 4.74 Å². The van der Waals surface area contributed by atoms with Crippen molar-refractivity contribution in [2.75, 3.05) is 7.11 Å². The molecule has 1 unspecified atom stereocenters. The van der Waals surface area contributed by atoms with Gasteiger partial charge in [-0.15, -0.1) is 0 Å². The van der Waals surface area contributed by atoms with E-state index in [1.807, 2.05) is 47.0 Å². The molecule has 1 aliphatic heterocycles. The van der Waals surface area contributed by atoms with Gasteiger partial charge in [0.1, 0.15) is 5.75 Å². The van der Waals surface area contributed by atoms with Gasteiger partial charge in [-0.25, -0.2) is 4.99 Å². The van der Waals surface area contributed by atoms with Crippen LogP contribution in [-0.2, 0) is 6.42 Å². The van der Waals surface area contributed by atoms with Gasteiger partial charge < -0.3 is 4.74 Å². The fourth-order valence-electron chi connectivity index (χ4n) is 4.92. The van der Waals surface area contributed by atoms with Crippen molar-refractivity contribution in [3.63, 3.8) is 0 Å². The first-order chi connectivity index (χ1) is 16.6. The van der Waals surface area contributed by atoms with Crippen molar-refractivity contribution in [3.8, 4) is 5.75 Å². The first-order valence-electron chi connectivity index (χ1n) is 11.2. The molecule has 6 heteroatoms. The van der Waals surface area contributed by atoms with E-state index in [0.29, 0.717) is 4.53 Å². The summed E-state index contributed by atoms with van der Waals surface area (Å²) in [5, 5.41) is 0. The lowest BCUT2D eigenvalue weighted by Crippen LogP contribution is -2.38. The summed E-state index contributed by atoms with van der Waals surface area (Å²) in [6.45, 7) is 0. The Balaban J connectivity index is 1.63. The van der Waals surface area contributed by atoms with Gasteiger partial charge in [0, 0.05) is 15.6 Å². The Morgan fingerprint density at radius 3 is 2.68 bits per heavy atom. The molecule has 4 nitrogen and oxygen atoms in total. The van der Waals surface area contributed by atoms with Crippen LogP contribution in [0.15, 0.2) is 92.6 Å². The van der Waals surface area contributed by atoms with Crippen LogP contribution in [0.3, 0.4) is 0 Å². The first kappa shape index (κ1) is 21.3. The molecule has 0 N–H and O–H groups in total. The molecule has 0 amide bonds. The smallest absolute Gasteiger partial charge is 0.271 e. The number of hydrogen-bond acceptors (Lipinski definition) is 4. The minimum atomic E-state index is -0.160. The van der Waals surface area contributed by atoms with E-state index >= 15 is 0 Å². The Morgan fingerprint density at radius 2 is 1.85 bits per heavy atom. The third-order valence-corrected chi connectivity index (χ3v) is 7.94. The first-order valence-corrected chi connectivity index (χ1v) is 12.8. The number of methoxy groups -OCH3 is 1. The SMILES string of the molecule is COc1ccc(Br)cc1C=c1sc2n(c1=O)C(c1ccccc1)C1=C(N=2)c2ccccc2CC1. The van der Waals surface area contributed by atoms with E-state index in [9.17, 15) is 4.79 Å². The quantitative estimate of drug-likeness (QED) is 0.371. The lowest BCUT2D eigenvalue weighted by atomic mass is 9.83. The zero-order valence-electron chi connectivity index (χ0n) is 18.5. The lowest BCUT2D eigenvalue weighted by molar-refractivity contribution is 0.413. The Bertz CT molecular complexity index is 1630. The van der Waals surface area contributed by atoms with E-state index in [1.165, 1.54) is 28.0 Å². The van der Waals surface area contributed by atoms with Crippen LogP contribution in [0.4, 0.5) is 0 Å². The van der Waals surface area contributed by atoms with E-state index in [0.717, 1.165) is 44.7 Å². The van der Waals surface area contributed by atoms with Gasteiger partial charge in [-0.05, 0) is 53.8 Å². The van der Waals surface area contributed by atoms with Crippen LogP contribution in [0.5, 0.6) is 5.75 Å². The highest BCUT2D eigenvalue weighted by molar-refractivity contribution is 9.10. The highest BCUT2D eigenvalue weighted by Crippen LogP contribution is 2.41. The minimum Gasteiger partial charge on any atom is -0.496 e. The maximum Gasteiger partial charge on any atom is 0.271 e. The van der Waals surface area contributed by atoms with E-state index in [-0.39, 0.29) is 11.6 Å². The summed E-state index contributed by atoms with van der Waals surface area (Å²) < 4.78 is 8.99. The number of hydrogen-bond donors (Lipinski definition) is 0. The molecule has 2 aliphatic rings. The second-order valence-corrected chi connectivity index (χ2v) is 10.3. The van der Waals surface area contributed by atoms with Crippen molar-refractivity contribution in [1.29, 1.82) is 0 Å². The van der Waals surface area contributed by atoms with Crippen LogP contribution in [-0.4, -0.2) is 11.7 Å². The maximum atomic E-state index is 13.8. The number of rotatable bonds is 3. The van der Waals surface area contributed by atoms with E-state index in [1.54, 1.807) is 7.11 Å². The number of benzene rings is 3. The molecule has 34 heavy (non-hydrogen) atoms. The summed E-state index contributed by atoms with van der Waals surface area (Å²) in [6, 6.07) is 24.4. The van der Waals surface area contributed by atoms with Crippen molar-refractivity contribution in [2.45, 2.75) is 18.9 Å². The fourth-order valence-corrected chi connectivity index (χ4v) is 6.29. The molecule has 1 aromatic heterocycles. The fraction of sp³-hybridized carbons (Fsp3) is 0.143. The normalized spacial score (nSPS) is 17.0. The van der Waals surface area contributed by atoms with Crippen molar-refractivity contribution in [3.05, 3.63) is 125 Å². The Morgan fingerprint density at radius 1 is 1.06 bits per heavy atom. The second kappa shape index (κ2) is 8.53. The van der Waals surface area contributed by atoms with E-state index < -0.39 is 0 Å². The summed E-state index contributed by atoms with van der Waals surface area (Å²) >= 11 is 4.96. The van der Waals surface area contributed by atoms with Gasteiger partial charge >= 0.3 is 0 Å². The Hall–Kier alpha value is -3.22. The van der Waals surface area contributed by atoms with Crippen LogP contribution < -0.4 is 19.6 Å². The molecule has 2 heterocycles. The summed E-state index contributed by atoms with van der Waals surface area (Å²) in [7, 11) is 1.64. The summed E-state index contributed by atoms with van der Waals surface area (Å²) in [5.74, 6) is 0.724. The van der Waals surface area contributed by atoms with E-state index in [4.69, 9.17) is 9.73 Å². The van der Waals surface area contributed by atoms with Gasteiger partial charge in [0.25, 0.3) is 5.56 Å². The van der Waals surface area contributed by atoms with Crippen LogP contribution in [0.1, 0.15) is 34.7 Å². The van der Waals surface area contributed by atoms with Crippen LogP contribution in [0, 0.1) is 0 Å². The third-order valence-electron chi connectivity index (χ3n) is 6.47. The summed E-state index contributed by atoms with van der Waals surface area (Å²) in [5.41, 5.74) is 6.66. The molecule has 0 saturated heterocycles. The summed E-state index contributed by atoms with van der Waals surface area (Å²) in [4.78, 5) is 19.6. The molecule has 6 rings (SSSR count). The molecule has 0 bridgehead atoms. The number of aryl methyl sites for hydroxylation is 1. The average molecular weight is 529 g/mol. The van der Waals surface area contributed by atoms with Crippen molar-refractivity contribution in [2.24, 2.45) is 4.99 Å². The van der Waals surface area contributed by atoms with E-state index in [2.05, 4.69) is 52.3 Å². The Labute approximate surface area is 209 Å². The van der Waals surface area contributed by atoms with Crippen LogP contribution >= 0.6 is 27.3 Å². The zero-order chi connectivity index (χ0) is 23.2. The molecule has 1 aliphatic carbocycles. The summed E-state index contributed by atoms with van der Waals surface area (Å²) in [6.07, 6.45) is 3.75. The van der Waals surface area contributed by atoms with Crippen molar-refractivity contribution in [1.82, 2.24) is 4.57 Å². The highest BCUT2D eigenvalue weighted by Gasteiger charge is 2.32. The molecular weight excluding hydrogens is 508 g/mol. The topological polar surface area (TPSA) is 43.6 Å². The van der Waals surface area contributed by atoms with Crippen LogP contribution in [0.2, 0.25) is 0 Å². The monoisotopic (exact) mass is 528 g/mol. The van der Waals surface area contributed by atoms with Crippen molar-refractivity contribution >= 4 is 39.0 Å². The number of nitrogens with zero attached hydrogens (tertiary/aromatic N) is 2. The van der Waals surface area contributed by atoms with Gasteiger partial charge in [-0.2, -0.15) is 0 Å². The van der Waals surface area contributed by atoms with Crippen LogP contribution in [0.25, 0.3) is 11.8 Å². The molecule has 0 saturated carbocycles. The molecule has 4 aromatic rings. The minimum absolute atomic E-state index is 0.0231. The predicted molar refractivity (Wildman–Crippen MR) is 140 cm³/mol. The highest BCUT2D eigenvalue weighted by atomic mass is 79.9. The van der Waals surface area contributed by atoms with Gasteiger partial charge in [0.15, 0.2) is 4.80 Å². The number of halogens is 1. The number of fused-ring (bicyclic) bond motifs is 3. The Kier molecular flexibility index (Phi) is 5.35. The number of aromatic nitrogens is 1. The van der Waals surface area contributed by atoms with Gasteiger partial charge in [-0.3, -0.25) is 9.36 Å². The molecule has 3 aromatic carbocycles. The average Bonchev–Trinajstić information content (AvgIpc) is 3.18. The van der Waals surface area contributed by atoms with Gasteiger partial charge in [0.05, 0.1) is 23.4 Å². The molecular formula is C28H21BrN2O2S. The van der Waals surface area contributed by atoms with Gasteiger partial charge in [-0.1, -0.05) is 81.9 Å². The molecule has 0 spiro atoms. The number of thiazole rings is 1. The molecule has 1 atom stereocenters. The third kappa shape index (κ3) is 3.49. The zero-order valence-corrected chi connectivity index (χ0v) is 20.9.